The van der Waals surface area contributed by atoms with Crippen LogP contribution in [-0.4, -0.2) is 48.1 Å². The van der Waals surface area contributed by atoms with Crippen LogP contribution in [-0.2, 0) is 6.54 Å². The van der Waals surface area contributed by atoms with E-state index in [0.717, 1.165) is 11.5 Å². The largest absolute Gasteiger partial charge is 0.476 e. The normalized spacial score (nSPS) is 10.2. The van der Waals surface area contributed by atoms with Gasteiger partial charge in [-0.2, -0.15) is 0 Å². The summed E-state index contributed by atoms with van der Waals surface area (Å²) in [6, 6.07) is 0. The Morgan fingerprint density at radius 2 is 2.22 bits per heavy atom. The van der Waals surface area contributed by atoms with Crippen molar-refractivity contribution in [1.29, 1.82) is 0 Å². The highest BCUT2D eigenvalue weighted by molar-refractivity contribution is 7.03. The second kappa shape index (κ2) is 5.31. The van der Waals surface area contributed by atoms with E-state index in [1.807, 2.05) is 0 Å². The highest BCUT2D eigenvalue weighted by atomic mass is 32.1. The van der Waals surface area contributed by atoms with Crippen molar-refractivity contribution in [1.82, 2.24) is 29.9 Å². The maximum absolute atomic E-state index is 11.5. The maximum Gasteiger partial charge on any atom is 0.358 e. The minimum absolute atomic E-state index is 0.134. The van der Waals surface area contributed by atoms with E-state index in [-0.39, 0.29) is 17.3 Å². The van der Waals surface area contributed by atoms with Crippen LogP contribution < -0.4 is 5.32 Å². The summed E-state index contributed by atoms with van der Waals surface area (Å²) >= 11 is 1.09. The fraction of sp³-hybridized carbons (Fsp3) is 0.250. The Hall–Kier alpha value is -2.36. The molecule has 0 fully saturated rings. The predicted molar refractivity (Wildman–Crippen MR) is 59.2 cm³/mol. The number of aromatic carboxylic acids is 1. The average Bonchev–Trinajstić information content (AvgIpc) is 3.00. The lowest BCUT2D eigenvalue weighted by atomic mass is 10.4. The molecule has 2 heterocycles. The van der Waals surface area contributed by atoms with Crippen LogP contribution in [0.2, 0.25) is 0 Å². The van der Waals surface area contributed by atoms with Crippen LogP contribution in [0.1, 0.15) is 21.0 Å². The number of nitrogens with zero attached hydrogens (tertiary/aromatic N) is 5. The lowest BCUT2D eigenvalue weighted by Crippen LogP contribution is -2.27. The van der Waals surface area contributed by atoms with Gasteiger partial charge in [0.2, 0.25) is 0 Å². The van der Waals surface area contributed by atoms with E-state index in [1.165, 1.54) is 16.3 Å². The molecule has 1 amide bonds. The summed E-state index contributed by atoms with van der Waals surface area (Å²) in [4.78, 5) is 22.0. The van der Waals surface area contributed by atoms with Gasteiger partial charge in [0.25, 0.3) is 5.91 Å². The van der Waals surface area contributed by atoms with Gasteiger partial charge in [-0.05, 0) is 11.5 Å². The highest BCUT2D eigenvalue weighted by Gasteiger charge is 2.09. The standard InChI is InChI=1S/C8H8N6O3S/c15-7(6-4-18-13-11-6)9-1-2-14-3-5(8(16)17)10-12-14/h3-4H,1-2H2,(H,9,15)(H,16,17). The second-order valence-electron chi connectivity index (χ2n) is 3.22. The number of carboxylic acids is 1. The van der Waals surface area contributed by atoms with Gasteiger partial charge in [-0.1, -0.05) is 9.70 Å². The first-order chi connectivity index (χ1) is 8.66. The summed E-state index contributed by atoms with van der Waals surface area (Å²) in [6.07, 6.45) is 1.29. The van der Waals surface area contributed by atoms with Crippen molar-refractivity contribution in [3.63, 3.8) is 0 Å². The lowest BCUT2D eigenvalue weighted by molar-refractivity contribution is 0.0690. The van der Waals surface area contributed by atoms with Crippen LogP contribution in [0.5, 0.6) is 0 Å². The van der Waals surface area contributed by atoms with Crippen molar-refractivity contribution in [2.24, 2.45) is 0 Å². The SMILES string of the molecule is O=C(O)c1cn(CCNC(=O)c2csnn2)nn1. The van der Waals surface area contributed by atoms with Crippen molar-refractivity contribution in [3.8, 4) is 0 Å². The van der Waals surface area contributed by atoms with Gasteiger partial charge in [0.15, 0.2) is 11.4 Å². The number of hydrogen-bond donors (Lipinski definition) is 2. The van der Waals surface area contributed by atoms with E-state index in [4.69, 9.17) is 5.11 Å². The molecule has 0 bridgehead atoms. The van der Waals surface area contributed by atoms with Crippen LogP contribution in [0, 0.1) is 0 Å². The first kappa shape index (κ1) is 12.1. The van der Waals surface area contributed by atoms with Crippen molar-refractivity contribution in [2.75, 3.05) is 6.54 Å². The lowest BCUT2D eigenvalue weighted by Gasteiger charge is -2.01. The third-order valence-electron chi connectivity index (χ3n) is 1.98. The summed E-state index contributed by atoms with van der Waals surface area (Å²) in [7, 11) is 0. The molecule has 0 atom stereocenters. The highest BCUT2D eigenvalue weighted by Crippen LogP contribution is 1.96. The van der Waals surface area contributed by atoms with E-state index >= 15 is 0 Å². The molecule has 0 aliphatic rings. The molecule has 0 unspecified atom stereocenters. The molecule has 0 spiro atoms. The molecule has 10 heteroatoms. The third kappa shape index (κ3) is 2.85. The van der Waals surface area contributed by atoms with Gasteiger partial charge < -0.3 is 10.4 Å². The quantitative estimate of drug-likeness (QED) is 0.731. The van der Waals surface area contributed by atoms with Gasteiger partial charge in [-0.25, -0.2) is 9.48 Å². The van der Waals surface area contributed by atoms with Crippen LogP contribution in [0.3, 0.4) is 0 Å². The molecule has 94 valence electrons. The van der Waals surface area contributed by atoms with Crippen LogP contribution >= 0.6 is 11.5 Å². The Balaban J connectivity index is 1.81. The molecule has 0 aliphatic carbocycles. The van der Waals surface area contributed by atoms with E-state index in [1.54, 1.807) is 0 Å². The number of carbonyl (C=O) groups excluding carboxylic acids is 1. The zero-order valence-electron chi connectivity index (χ0n) is 8.98. The third-order valence-corrected chi connectivity index (χ3v) is 2.48. The Morgan fingerprint density at radius 3 is 2.83 bits per heavy atom. The fourth-order valence-electron chi connectivity index (χ4n) is 1.14. The van der Waals surface area contributed by atoms with Gasteiger partial charge in [-0.15, -0.1) is 10.2 Å². The van der Waals surface area contributed by atoms with Crippen molar-refractivity contribution in [3.05, 3.63) is 23.0 Å². The monoisotopic (exact) mass is 268 g/mol. The molecule has 0 saturated carbocycles. The minimum Gasteiger partial charge on any atom is -0.476 e. The second-order valence-corrected chi connectivity index (χ2v) is 3.83. The zero-order valence-corrected chi connectivity index (χ0v) is 9.79. The van der Waals surface area contributed by atoms with Gasteiger partial charge in [0.1, 0.15) is 0 Å². The van der Waals surface area contributed by atoms with Gasteiger partial charge >= 0.3 is 5.97 Å². The van der Waals surface area contributed by atoms with Gasteiger partial charge in [-0.3, -0.25) is 4.79 Å². The van der Waals surface area contributed by atoms with E-state index < -0.39 is 5.97 Å². The summed E-state index contributed by atoms with van der Waals surface area (Å²) in [6.45, 7) is 0.613. The van der Waals surface area contributed by atoms with Gasteiger partial charge in [0.05, 0.1) is 12.7 Å². The smallest absolute Gasteiger partial charge is 0.358 e. The summed E-state index contributed by atoms with van der Waals surface area (Å²) < 4.78 is 4.91. The number of amides is 1. The Labute approximate surface area is 105 Å². The minimum atomic E-state index is -1.14. The first-order valence-electron chi connectivity index (χ1n) is 4.85. The molecule has 9 nitrogen and oxygen atoms in total. The molecule has 2 aromatic rings. The van der Waals surface area contributed by atoms with Crippen molar-refractivity contribution in [2.45, 2.75) is 6.54 Å². The van der Waals surface area contributed by atoms with Gasteiger partial charge in [0, 0.05) is 11.9 Å². The van der Waals surface area contributed by atoms with Crippen molar-refractivity contribution >= 4 is 23.4 Å². The molecule has 0 aliphatic heterocycles. The zero-order chi connectivity index (χ0) is 13.0. The maximum atomic E-state index is 11.5. The Bertz CT molecular complexity index is 551. The molecular weight excluding hydrogens is 260 g/mol. The van der Waals surface area contributed by atoms with E-state index in [0.29, 0.717) is 13.1 Å². The fourth-order valence-corrected chi connectivity index (χ4v) is 1.58. The number of carboxylic acid groups (broad SMARTS) is 1. The van der Waals surface area contributed by atoms with E-state index in [9.17, 15) is 9.59 Å². The van der Waals surface area contributed by atoms with Crippen LogP contribution in [0.25, 0.3) is 0 Å². The Kier molecular flexibility index (Phi) is 3.57. The molecule has 0 saturated heterocycles. The Morgan fingerprint density at radius 1 is 1.39 bits per heavy atom. The molecule has 0 aromatic carbocycles. The van der Waals surface area contributed by atoms with Crippen LogP contribution in [0.4, 0.5) is 0 Å². The van der Waals surface area contributed by atoms with Crippen molar-refractivity contribution < 1.29 is 14.7 Å². The summed E-state index contributed by atoms with van der Waals surface area (Å²) in [5, 5.41) is 23.4. The topological polar surface area (TPSA) is 123 Å². The molecule has 18 heavy (non-hydrogen) atoms. The first-order valence-corrected chi connectivity index (χ1v) is 5.69. The molecule has 2 aromatic heterocycles. The number of nitrogens with one attached hydrogen (secondary N) is 1. The number of rotatable bonds is 5. The molecule has 2 rings (SSSR count). The van der Waals surface area contributed by atoms with Crippen LogP contribution in [0.15, 0.2) is 11.6 Å². The average molecular weight is 268 g/mol. The van der Waals surface area contributed by atoms with E-state index in [2.05, 4.69) is 25.2 Å². The summed E-state index contributed by atoms with van der Waals surface area (Å²) in [5.41, 5.74) is 0.120. The molecular formula is C8H8N6O3S. The summed E-state index contributed by atoms with van der Waals surface area (Å²) in [5.74, 6) is -1.47. The number of hydrogen-bond acceptors (Lipinski definition) is 7. The molecule has 0 radical (unpaired) electrons. The predicted octanol–water partition coefficient (Wildman–Crippen LogP) is -0.742. The number of aromatic nitrogens is 5. The number of carbonyl (C=O) groups is 2. The molecule has 2 N–H and O–H groups in total.